The first-order valence-corrected chi connectivity index (χ1v) is 15.4. The molecule has 0 fully saturated rings. The van der Waals surface area contributed by atoms with Gasteiger partial charge in [-0.1, -0.05) is 58.9 Å². The van der Waals surface area contributed by atoms with Gasteiger partial charge in [-0.2, -0.15) is 0 Å². The van der Waals surface area contributed by atoms with Crippen LogP contribution in [-0.4, -0.2) is 31.3 Å². The van der Waals surface area contributed by atoms with Gasteiger partial charge >= 0.3 is 5.97 Å². The quantitative estimate of drug-likeness (QED) is 0.187. The van der Waals surface area contributed by atoms with Gasteiger partial charge in [0.15, 0.2) is 0 Å². The van der Waals surface area contributed by atoms with E-state index in [9.17, 15) is 9.59 Å². The highest BCUT2D eigenvalue weighted by atomic mass is 32.2. The van der Waals surface area contributed by atoms with Crippen molar-refractivity contribution in [3.05, 3.63) is 75.0 Å². The number of carbonyl (C=O) groups excluding carboxylic acids is 2. The first-order valence-electron chi connectivity index (χ1n) is 13.6. The van der Waals surface area contributed by atoms with Gasteiger partial charge in [-0.25, -0.2) is 0 Å². The highest BCUT2D eigenvalue weighted by Gasteiger charge is 2.20. The van der Waals surface area contributed by atoms with E-state index in [0.29, 0.717) is 4.88 Å². The second-order valence-corrected chi connectivity index (χ2v) is 14.3. The van der Waals surface area contributed by atoms with Crippen LogP contribution in [0.3, 0.4) is 0 Å². The normalized spacial score (nSPS) is 11.9. The van der Waals surface area contributed by atoms with Crippen molar-refractivity contribution in [2.24, 2.45) is 5.41 Å². The van der Waals surface area contributed by atoms with Gasteiger partial charge in [-0.15, -0.1) is 23.1 Å². The molecule has 0 radical (unpaired) electrons. The summed E-state index contributed by atoms with van der Waals surface area (Å²) < 4.78 is 4.61. The van der Waals surface area contributed by atoms with Crippen LogP contribution in [0.15, 0.2) is 53.4 Å². The van der Waals surface area contributed by atoms with E-state index in [1.807, 2.05) is 23.9 Å². The Morgan fingerprint density at radius 1 is 0.949 bits per heavy atom. The number of hydrogen-bond acceptors (Lipinski definition) is 5. The number of rotatable bonds is 11. The molecule has 0 saturated carbocycles. The van der Waals surface area contributed by atoms with Crippen molar-refractivity contribution >= 4 is 35.0 Å². The molecule has 2 aromatic carbocycles. The SMILES string of the molecule is COC(=O)CCNC(=O)c1ccc(CCC(C)(C)CSc2cc(C)c(-c3ccc(C(C)(C)C)cc3)c(C)c2)s1. The molecular weight excluding hydrogens is 523 g/mol. The zero-order valence-electron chi connectivity index (χ0n) is 24.7. The largest absolute Gasteiger partial charge is 0.469 e. The lowest BCUT2D eigenvalue weighted by Gasteiger charge is -2.24. The van der Waals surface area contributed by atoms with Crippen LogP contribution >= 0.6 is 23.1 Å². The molecule has 0 saturated heterocycles. The van der Waals surface area contributed by atoms with Crippen LogP contribution in [0.1, 0.15) is 78.7 Å². The summed E-state index contributed by atoms with van der Waals surface area (Å²) in [5.74, 6) is 0.566. The van der Waals surface area contributed by atoms with E-state index in [4.69, 9.17) is 0 Å². The zero-order chi connectivity index (χ0) is 28.8. The predicted molar refractivity (Wildman–Crippen MR) is 166 cm³/mol. The van der Waals surface area contributed by atoms with Gasteiger partial charge in [0.1, 0.15) is 0 Å². The number of aryl methyl sites for hydroxylation is 3. The predicted octanol–water partition coefficient (Wildman–Crippen LogP) is 8.37. The smallest absolute Gasteiger partial charge is 0.307 e. The summed E-state index contributed by atoms with van der Waals surface area (Å²) in [7, 11) is 1.35. The summed E-state index contributed by atoms with van der Waals surface area (Å²) in [6.07, 6.45) is 2.16. The molecule has 3 aromatic rings. The Labute approximate surface area is 242 Å². The first kappa shape index (κ1) is 31.0. The number of amides is 1. The maximum Gasteiger partial charge on any atom is 0.307 e. The van der Waals surface area contributed by atoms with Crippen LogP contribution in [0, 0.1) is 19.3 Å². The molecule has 6 heteroatoms. The first-order chi connectivity index (χ1) is 18.3. The number of nitrogens with one attached hydrogen (secondary N) is 1. The number of esters is 1. The molecule has 0 bridgehead atoms. The molecule has 4 nitrogen and oxygen atoms in total. The van der Waals surface area contributed by atoms with Crippen molar-refractivity contribution in [3.8, 4) is 11.1 Å². The van der Waals surface area contributed by atoms with Crippen molar-refractivity contribution in [1.82, 2.24) is 5.32 Å². The Morgan fingerprint density at radius 2 is 1.59 bits per heavy atom. The molecule has 1 N–H and O–H groups in total. The van der Waals surface area contributed by atoms with Crippen molar-refractivity contribution in [1.29, 1.82) is 0 Å². The number of ether oxygens (including phenoxy) is 1. The maximum atomic E-state index is 12.4. The van der Waals surface area contributed by atoms with E-state index in [-0.39, 0.29) is 35.7 Å². The van der Waals surface area contributed by atoms with Crippen LogP contribution in [0.5, 0.6) is 0 Å². The molecule has 210 valence electrons. The third-order valence-corrected chi connectivity index (χ3v) is 9.59. The number of hydrogen-bond donors (Lipinski definition) is 1. The van der Waals surface area contributed by atoms with E-state index >= 15 is 0 Å². The van der Waals surface area contributed by atoms with Crippen LogP contribution in [0.25, 0.3) is 11.1 Å². The molecule has 0 aliphatic carbocycles. The maximum absolute atomic E-state index is 12.4. The third kappa shape index (κ3) is 8.97. The lowest BCUT2D eigenvalue weighted by atomic mass is 9.85. The van der Waals surface area contributed by atoms with Crippen LogP contribution in [0.2, 0.25) is 0 Å². The Kier molecular flexibility index (Phi) is 10.5. The Bertz CT molecular complexity index is 1260. The second kappa shape index (κ2) is 13.2. The van der Waals surface area contributed by atoms with Gasteiger partial charge in [0.25, 0.3) is 5.91 Å². The minimum atomic E-state index is -0.325. The molecule has 0 spiro atoms. The molecule has 0 aliphatic rings. The standard InChI is InChI=1S/C33H43NO3S2/c1-22-19-27(20-23(2)30(22)24-9-11-25(12-10-24)32(3,4)5)38-21-33(6,7)17-15-26-13-14-28(39-26)31(36)34-18-16-29(35)37-8/h9-14,19-20H,15-18,21H2,1-8H3,(H,34,36). The monoisotopic (exact) mass is 565 g/mol. The van der Waals surface area contributed by atoms with E-state index in [2.05, 4.69) is 94.9 Å². The Balaban J connectivity index is 1.55. The lowest BCUT2D eigenvalue weighted by Crippen LogP contribution is -2.25. The van der Waals surface area contributed by atoms with Gasteiger partial charge in [0, 0.05) is 22.1 Å². The summed E-state index contributed by atoms with van der Waals surface area (Å²) in [4.78, 5) is 26.8. The van der Waals surface area contributed by atoms with E-state index < -0.39 is 0 Å². The van der Waals surface area contributed by atoms with Gasteiger partial charge in [0.2, 0.25) is 0 Å². The molecule has 0 aliphatic heterocycles. The molecular formula is C33H43NO3S2. The van der Waals surface area contributed by atoms with Crippen LogP contribution < -0.4 is 5.32 Å². The minimum absolute atomic E-state index is 0.135. The number of benzene rings is 2. The van der Waals surface area contributed by atoms with Gasteiger partial charge in [0.05, 0.1) is 18.4 Å². The summed E-state index contributed by atoms with van der Waals surface area (Å²) in [6, 6.07) is 17.6. The fourth-order valence-corrected chi connectivity index (χ4v) is 6.66. The number of methoxy groups -OCH3 is 1. The van der Waals surface area contributed by atoms with Crippen LogP contribution in [0.4, 0.5) is 0 Å². The summed E-state index contributed by atoms with van der Waals surface area (Å²) in [5.41, 5.74) is 6.91. The summed E-state index contributed by atoms with van der Waals surface area (Å²) in [5, 5.41) is 2.79. The van der Waals surface area contributed by atoms with E-state index in [1.54, 1.807) is 0 Å². The Morgan fingerprint density at radius 3 is 2.18 bits per heavy atom. The second-order valence-electron chi connectivity index (χ2n) is 12.1. The fraction of sp³-hybridized carbons (Fsp3) is 0.455. The number of thioether (sulfide) groups is 1. The van der Waals surface area contributed by atoms with Crippen LogP contribution in [-0.2, 0) is 21.4 Å². The average molecular weight is 566 g/mol. The molecule has 39 heavy (non-hydrogen) atoms. The van der Waals surface area contributed by atoms with Crippen molar-refractivity contribution in [2.75, 3.05) is 19.4 Å². The molecule has 0 unspecified atom stereocenters. The van der Waals surface area contributed by atoms with Gasteiger partial charge < -0.3 is 10.1 Å². The summed E-state index contributed by atoms with van der Waals surface area (Å²) in [6.45, 7) is 16.1. The lowest BCUT2D eigenvalue weighted by molar-refractivity contribution is -0.140. The summed E-state index contributed by atoms with van der Waals surface area (Å²) >= 11 is 3.46. The molecule has 3 rings (SSSR count). The molecule has 1 aromatic heterocycles. The van der Waals surface area contributed by atoms with E-state index in [1.165, 1.54) is 56.0 Å². The Hall–Kier alpha value is -2.57. The number of thiophene rings is 1. The van der Waals surface area contributed by atoms with Gasteiger partial charge in [-0.3, -0.25) is 9.59 Å². The molecule has 0 atom stereocenters. The van der Waals surface area contributed by atoms with E-state index in [0.717, 1.165) is 18.6 Å². The van der Waals surface area contributed by atoms with Crippen molar-refractivity contribution < 1.29 is 14.3 Å². The fourth-order valence-electron chi connectivity index (χ4n) is 4.51. The number of carbonyl (C=O) groups is 2. The third-order valence-electron chi connectivity index (χ3n) is 6.95. The van der Waals surface area contributed by atoms with Crippen molar-refractivity contribution in [3.63, 3.8) is 0 Å². The highest BCUT2D eigenvalue weighted by Crippen LogP contribution is 2.36. The minimum Gasteiger partial charge on any atom is -0.469 e. The van der Waals surface area contributed by atoms with Gasteiger partial charge in [-0.05, 0) is 89.6 Å². The highest BCUT2D eigenvalue weighted by molar-refractivity contribution is 7.99. The zero-order valence-corrected chi connectivity index (χ0v) is 26.3. The average Bonchev–Trinajstić information content (AvgIpc) is 3.35. The molecule has 1 heterocycles. The van der Waals surface area contributed by atoms with Crippen molar-refractivity contribution in [2.45, 2.75) is 78.0 Å². The topological polar surface area (TPSA) is 55.4 Å². The molecule has 1 amide bonds.